The zero-order valence-corrected chi connectivity index (χ0v) is 14.9. The molecule has 4 heteroatoms. The van der Waals surface area contributed by atoms with Crippen molar-refractivity contribution in [3.8, 4) is 0 Å². The molecular weight excluding hydrogens is 326 g/mol. The first kappa shape index (κ1) is 18.3. The summed E-state index contributed by atoms with van der Waals surface area (Å²) in [4.78, 5) is 3.81. The number of fused-ring (bicyclic) bond motifs is 1. The van der Waals surface area contributed by atoms with Crippen LogP contribution >= 0.6 is 11.8 Å². The molecule has 1 heterocycles. The molecule has 124 valence electrons. The molecule has 1 aliphatic heterocycles. The third-order valence-electron chi connectivity index (χ3n) is 4.00. The monoisotopic (exact) mass is 348 g/mol. The summed E-state index contributed by atoms with van der Waals surface area (Å²) in [5.74, 6) is 1.02. The Kier molecular flexibility index (Phi) is 7.96. The highest BCUT2D eigenvalue weighted by atomic mass is 35.5. The highest BCUT2D eigenvalue weighted by Crippen LogP contribution is 2.18. The molecule has 1 aliphatic rings. The third kappa shape index (κ3) is 5.85. The third-order valence-corrected chi connectivity index (χ3v) is 4.98. The van der Waals surface area contributed by atoms with Gasteiger partial charge in [0, 0.05) is 30.3 Å². The van der Waals surface area contributed by atoms with E-state index in [-0.39, 0.29) is 12.4 Å². The summed E-state index contributed by atoms with van der Waals surface area (Å²) in [6.07, 6.45) is 1.17. The van der Waals surface area contributed by atoms with Crippen molar-refractivity contribution in [2.45, 2.75) is 17.9 Å². The highest BCUT2D eigenvalue weighted by Gasteiger charge is 2.14. The predicted octanol–water partition coefficient (Wildman–Crippen LogP) is 0.858. The number of nitrogens with zero attached hydrogens (tertiary/aromatic N) is 1. The minimum absolute atomic E-state index is 0. The van der Waals surface area contributed by atoms with Crippen molar-refractivity contribution in [1.29, 1.82) is 0 Å². The Hall–Kier alpha value is -1.00. The fraction of sp³-hybridized carbons (Fsp3) is 0.368. The molecule has 0 radical (unpaired) electrons. The lowest BCUT2D eigenvalue weighted by molar-refractivity contribution is -0.00000520. The van der Waals surface area contributed by atoms with Crippen LogP contribution in [0.2, 0.25) is 0 Å². The Morgan fingerprint density at radius 3 is 2.48 bits per heavy atom. The summed E-state index contributed by atoms with van der Waals surface area (Å²) in [6, 6.07) is 19.3. The molecule has 3 rings (SSSR count). The predicted molar refractivity (Wildman–Crippen MR) is 93.4 cm³/mol. The highest BCUT2D eigenvalue weighted by molar-refractivity contribution is 7.99. The smallest absolute Gasteiger partial charge is 0.0593 e. The first-order chi connectivity index (χ1) is 10.9. The number of benzene rings is 2. The van der Waals surface area contributed by atoms with Gasteiger partial charge in [0.1, 0.15) is 0 Å². The maximum absolute atomic E-state index is 5.78. The molecule has 0 saturated heterocycles. The van der Waals surface area contributed by atoms with Crippen LogP contribution in [0.25, 0.3) is 0 Å². The molecule has 23 heavy (non-hydrogen) atoms. The molecule has 0 saturated carbocycles. The molecule has 0 fully saturated rings. The maximum atomic E-state index is 5.78. The van der Waals surface area contributed by atoms with Gasteiger partial charge >= 0.3 is 0 Å². The molecule has 0 spiro atoms. The lowest BCUT2D eigenvalue weighted by Crippen LogP contribution is -3.00. The maximum Gasteiger partial charge on any atom is 0.0593 e. The summed E-state index contributed by atoms with van der Waals surface area (Å²) in [5.41, 5.74) is 2.99. The van der Waals surface area contributed by atoms with E-state index in [1.165, 1.54) is 22.4 Å². The van der Waals surface area contributed by atoms with E-state index in [1.807, 2.05) is 11.8 Å². The number of hydrogen-bond acceptors (Lipinski definition) is 3. The lowest BCUT2D eigenvalue weighted by atomic mass is 10.0. The second-order valence-electron chi connectivity index (χ2n) is 5.57. The van der Waals surface area contributed by atoms with E-state index >= 15 is 0 Å². The molecule has 2 aromatic rings. The standard InChI is InChI=1S/C19H23NOS.ClH/c1-2-8-19(9-3-1)22-15-14-21-13-12-20-11-10-17-6-4-5-7-18(17)16-20;/h1-9H,10-16H2;1H/p-1. The Bertz CT molecular complexity index is 579. The molecule has 0 atom stereocenters. The molecule has 0 bridgehead atoms. The number of rotatable bonds is 7. The average Bonchev–Trinajstić information content (AvgIpc) is 2.59. The van der Waals surface area contributed by atoms with Gasteiger partial charge in [0.2, 0.25) is 0 Å². The van der Waals surface area contributed by atoms with Crippen LogP contribution in [0.1, 0.15) is 11.1 Å². The van der Waals surface area contributed by atoms with E-state index in [0.717, 1.165) is 38.6 Å². The molecule has 0 aliphatic carbocycles. The summed E-state index contributed by atoms with van der Waals surface area (Å²) < 4.78 is 5.78. The van der Waals surface area contributed by atoms with Gasteiger partial charge in [-0.3, -0.25) is 4.90 Å². The number of thioether (sulfide) groups is 1. The van der Waals surface area contributed by atoms with Crippen molar-refractivity contribution in [3.63, 3.8) is 0 Å². The molecule has 0 unspecified atom stereocenters. The molecule has 0 aromatic heterocycles. The Morgan fingerprint density at radius 1 is 0.913 bits per heavy atom. The van der Waals surface area contributed by atoms with Crippen molar-refractivity contribution in [2.24, 2.45) is 0 Å². The number of ether oxygens (including phenoxy) is 1. The quantitative estimate of drug-likeness (QED) is 0.544. The van der Waals surface area contributed by atoms with Gasteiger partial charge < -0.3 is 17.1 Å². The summed E-state index contributed by atoms with van der Waals surface area (Å²) in [7, 11) is 0. The summed E-state index contributed by atoms with van der Waals surface area (Å²) >= 11 is 1.86. The largest absolute Gasteiger partial charge is 1.00 e. The van der Waals surface area contributed by atoms with Gasteiger partial charge in [0.25, 0.3) is 0 Å². The first-order valence-electron chi connectivity index (χ1n) is 7.96. The number of hydrogen-bond donors (Lipinski definition) is 0. The van der Waals surface area contributed by atoms with Crippen molar-refractivity contribution < 1.29 is 17.1 Å². The van der Waals surface area contributed by atoms with Crippen LogP contribution in [0.15, 0.2) is 59.5 Å². The minimum Gasteiger partial charge on any atom is -1.00 e. The average molecular weight is 349 g/mol. The summed E-state index contributed by atoms with van der Waals surface area (Å²) in [5, 5.41) is 0. The van der Waals surface area contributed by atoms with Crippen molar-refractivity contribution >= 4 is 11.8 Å². The lowest BCUT2D eigenvalue weighted by Gasteiger charge is -2.28. The molecule has 0 amide bonds. The van der Waals surface area contributed by atoms with E-state index in [9.17, 15) is 0 Å². The van der Waals surface area contributed by atoms with Crippen LogP contribution in [0.4, 0.5) is 0 Å². The van der Waals surface area contributed by atoms with Gasteiger partial charge in [0.05, 0.1) is 13.2 Å². The molecule has 2 aromatic carbocycles. The van der Waals surface area contributed by atoms with Gasteiger partial charge in [-0.15, -0.1) is 11.8 Å². The van der Waals surface area contributed by atoms with Crippen molar-refractivity contribution in [2.75, 3.05) is 32.1 Å². The zero-order valence-electron chi connectivity index (χ0n) is 13.3. The van der Waals surface area contributed by atoms with Crippen molar-refractivity contribution in [1.82, 2.24) is 4.90 Å². The fourth-order valence-corrected chi connectivity index (χ4v) is 3.56. The number of halogens is 1. The first-order valence-corrected chi connectivity index (χ1v) is 8.95. The normalized spacial score (nSPS) is 14.1. The van der Waals surface area contributed by atoms with E-state index < -0.39 is 0 Å². The van der Waals surface area contributed by atoms with Crippen molar-refractivity contribution in [3.05, 3.63) is 65.7 Å². The van der Waals surface area contributed by atoms with Gasteiger partial charge in [-0.2, -0.15) is 0 Å². The van der Waals surface area contributed by atoms with Gasteiger partial charge in [-0.05, 0) is 29.7 Å². The van der Waals surface area contributed by atoms with Gasteiger partial charge in [0.15, 0.2) is 0 Å². The Labute approximate surface area is 149 Å². The van der Waals surface area contributed by atoms with Crippen LogP contribution in [0.3, 0.4) is 0 Å². The minimum atomic E-state index is 0. The second kappa shape index (κ2) is 9.99. The van der Waals surface area contributed by atoms with Crippen LogP contribution in [-0.4, -0.2) is 37.0 Å². The van der Waals surface area contributed by atoms with Crippen LogP contribution in [0, 0.1) is 0 Å². The van der Waals surface area contributed by atoms with E-state index in [2.05, 4.69) is 59.5 Å². The van der Waals surface area contributed by atoms with E-state index in [1.54, 1.807) is 0 Å². The van der Waals surface area contributed by atoms with Gasteiger partial charge in [-0.25, -0.2) is 0 Å². The fourth-order valence-electron chi connectivity index (χ4n) is 2.78. The van der Waals surface area contributed by atoms with Gasteiger partial charge in [-0.1, -0.05) is 42.5 Å². The molecule has 2 nitrogen and oxygen atoms in total. The van der Waals surface area contributed by atoms with Crippen LogP contribution in [-0.2, 0) is 17.7 Å². The SMILES string of the molecule is [Cl-].c1ccc(SCCOCCN2CCc3ccccc3C2)cc1. The molecular formula is C19H23ClNOS-. The Morgan fingerprint density at radius 2 is 1.65 bits per heavy atom. The zero-order chi connectivity index (χ0) is 15.0. The van der Waals surface area contributed by atoms with E-state index in [0.29, 0.717) is 0 Å². The van der Waals surface area contributed by atoms with Crippen LogP contribution in [0.5, 0.6) is 0 Å². The molecule has 0 N–H and O–H groups in total. The topological polar surface area (TPSA) is 12.5 Å². The Balaban J connectivity index is 0.00000192. The van der Waals surface area contributed by atoms with Crippen LogP contribution < -0.4 is 12.4 Å². The second-order valence-corrected chi connectivity index (χ2v) is 6.74. The summed E-state index contributed by atoms with van der Waals surface area (Å²) in [6.45, 7) is 4.91. The van der Waals surface area contributed by atoms with E-state index in [4.69, 9.17) is 4.74 Å².